The molecule has 0 aliphatic heterocycles. The van der Waals surface area contributed by atoms with E-state index in [0.29, 0.717) is 11.3 Å². The molecule has 1 aromatic heterocycles. The number of carboxylic acids is 2. The van der Waals surface area contributed by atoms with Gasteiger partial charge in [-0.2, -0.15) is 0 Å². The Morgan fingerprint density at radius 2 is 1.52 bits per heavy atom. The Morgan fingerprint density at radius 1 is 0.905 bits per heavy atom. The van der Waals surface area contributed by atoms with Crippen LogP contribution in [0.5, 0.6) is 0 Å². The van der Waals surface area contributed by atoms with Gasteiger partial charge in [0.15, 0.2) is 0 Å². The van der Waals surface area contributed by atoms with Crippen LogP contribution in [0.25, 0.3) is 0 Å². The number of nitrogens with one attached hydrogen (secondary N) is 1. The van der Waals surface area contributed by atoms with Gasteiger partial charge in [-0.1, -0.05) is 0 Å². The molecule has 108 valence electrons. The first kappa shape index (κ1) is 14.3. The summed E-state index contributed by atoms with van der Waals surface area (Å²) < 4.78 is 4.99. The van der Waals surface area contributed by atoms with Gasteiger partial charge in [0.25, 0.3) is 5.91 Å². The van der Waals surface area contributed by atoms with E-state index in [1.54, 1.807) is 0 Å². The summed E-state index contributed by atoms with van der Waals surface area (Å²) in [6.07, 6.45) is 0. The van der Waals surface area contributed by atoms with Crippen molar-refractivity contribution in [1.82, 2.24) is 5.32 Å². The first-order valence-electron chi connectivity index (χ1n) is 5.91. The molecule has 1 amide bonds. The Labute approximate surface area is 118 Å². The van der Waals surface area contributed by atoms with Gasteiger partial charge in [-0.25, -0.2) is 9.59 Å². The predicted octanol–water partition coefficient (Wildman–Crippen LogP) is 1.61. The first-order chi connectivity index (χ1) is 9.97. The number of rotatable bonds is 5. The third-order valence-electron chi connectivity index (χ3n) is 2.69. The fraction of sp³-hybridized carbons (Fsp3) is 0.0714. The van der Waals surface area contributed by atoms with Gasteiger partial charge >= 0.3 is 11.9 Å². The average Bonchev–Trinajstić information content (AvgIpc) is 2.94. The second-order valence-corrected chi connectivity index (χ2v) is 4.14. The molecule has 0 unspecified atom stereocenters. The van der Waals surface area contributed by atoms with Crippen LogP contribution in [0, 0.1) is 0 Å². The maximum atomic E-state index is 11.8. The number of carboxylic acid groups (broad SMARTS) is 2. The minimum Gasteiger partial charge on any atom is -0.478 e. The molecule has 0 aliphatic carbocycles. The van der Waals surface area contributed by atoms with Gasteiger partial charge in [0.2, 0.25) is 5.76 Å². The normalized spacial score (nSPS) is 10.1. The molecule has 0 radical (unpaired) electrons. The number of hydrogen-bond donors (Lipinski definition) is 3. The highest BCUT2D eigenvalue weighted by atomic mass is 16.4. The van der Waals surface area contributed by atoms with Crippen molar-refractivity contribution in [3.63, 3.8) is 0 Å². The molecule has 21 heavy (non-hydrogen) atoms. The molecule has 0 bridgehead atoms. The van der Waals surface area contributed by atoms with Crippen molar-refractivity contribution in [2.75, 3.05) is 0 Å². The van der Waals surface area contributed by atoms with Crippen LogP contribution in [0.4, 0.5) is 0 Å². The largest absolute Gasteiger partial charge is 0.478 e. The van der Waals surface area contributed by atoms with Gasteiger partial charge < -0.3 is 19.9 Å². The Hall–Kier alpha value is -3.09. The summed E-state index contributed by atoms with van der Waals surface area (Å²) in [6.45, 7) is 0.0345. The van der Waals surface area contributed by atoms with E-state index in [0.717, 1.165) is 0 Å². The van der Waals surface area contributed by atoms with Crippen LogP contribution >= 0.6 is 0 Å². The minimum atomic E-state index is -1.18. The topological polar surface area (TPSA) is 117 Å². The van der Waals surface area contributed by atoms with Crippen LogP contribution in [0.3, 0.4) is 0 Å². The predicted molar refractivity (Wildman–Crippen MR) is 70.2 cm³/mol. The Balaban J connectivity index is 1.97. The lowest BCUT2D eigenvalue weighted by atomic mass is 10.1. The third-order valence-corrected chi connectivity index (χ3v) is 2.69. The Kier molecular flexibility index (Phi) is 4.03. The van der Waals surface area contributed by atoms with Crippen LogP contribution in [0.2, 0.25) is 0 Å². The van der Waals surface area contributed by atoms with Crippen LogP contribution in [-0.2, 0) is 6.54 Å². The van der Waals surface area contributed by atoms with Gasteiger partial charge in [-0.05, 0) is 36.4 Å². The molecule has 3 N–H and O–H groups in total. The van der Waals surface area contributed by atoms with Gasteiger partial charge in [0.1, 0.15) is 5.76 Å². The zero-order chi connectivity index (χ0) is 15.4. The number of carbonyl (C=O) groups is 3. The summed E-state index contributed by atoms with van der Waals surface area (Å²) in [5.41, 5.74) is 0.383. The van der Waals surface area contributed by atoms with E-state index in [2.05, 4.69) is 5.32 Å². The first-order valence-corrected chi connectivity index (χ1v) is 5.91. The summed E-state index contributed by atoms with van der Waals surface area (Å²) in [5, 5.41) is 20.0. The lowest BCUT2D eigenvalue weighted by Gasteiger charge is -2.03. The van der Waals surface area contributed by atoms with Crippen molar-refractivity contribution >= 4 is 17.8 Å². The molecule has 2 aromatic rings. The zero-order valence-corrected chi connectivity index (χ0v) is 10.7. The molecule has 2 rings (SSSR count). The minimum absolute atomic E-state index is 0.0345. The average molecular weight is 289 g/mol. The van der Waals surface area contributed by atoms with Gasteiger partial charge in [0, 0.05) is 5.56 Å². The molecule has 0 spiro atoms. The van der Waals surface area contributed by atoms with Crippen molar-refractivity contribution in [3.05, 3.63) is 59.0 Å². The van der Waals surface area contributed by atoms with Crippen molar-refractivity contribution in [1.29, 1.82) is 0 Å². The van der Waals surface area contributed by atoms with Crippen molar-refractivity contribution in [3.8, 4) is 0 Å². The number of hydrogen-bond acceptors (Lipinski definition) is 4. The molecule has 0 saturated heterocycles. The molecule has 1 heterocycles. The van der Waals surface area contributed by atoms with Crippen LogP contribution in [0.15, 0.2) is 40.8 Å². The van der Waals surface area contributed by atoms with E-state index in [4.69, 9.17) is 14.6 Å². The Morgan fingerprint density at radius 3 is 2.05 bits per heavy atom. The second kappa shape index (κ2) is 5.91. The molecule has 1 aromatic carbocycles. The number of amides is 1. The lowest BCUT2D eigenvalue weighted by Crippen LogP contribution is -2.22. The third kappa shape index (κ3) is 3.47. The van der Waals surface area contributed by atoms with E-state index in [1.165, 1.54) is 36.4 Å². The molecule has 0 aliphatic rings. The van der Waals surface area contributed by atoms with Crippen molar-refractivity contribution < 1.29 is 29.0 Å². The zero-order valence-electron chi connectivity index (χ0n) is 10.7. The summed E-state index contributed by atoms with van der Waals surface area (Å²) >= 11 is 0. The van der Waals surface area contributed by atoms with Gasteiger partial charge in [-0.3, -0.25) is 4.79 Å². The van der Waals surface area contributed by atoms with Crippen molar-refractivity contribution in [2.24, 2.45) is 0 Å². The van der Waals surface area contributed by atoms with Crippen LogP contribution in [-0.4, -0.2) is 28.1 Å². The highest BCUT2D eigenvalue weighted by Crippen LogP contribution is 2.08. The number of aromatic carboxylic acids is 2. The standard InChI is InChI=1S/C14H11NO6/c16-12(8-1-3-9(4-2-8)13(17)18)15-7-10-5-6-11(21-10)14(19)20/h1-6H,7H2,(H,15,16)(H,17,18)(H,19,20). The van der Waals surface area contributed by atoms with Gasteiger partial charge in [-0.15, -0.1) is 0 Å². The molecule has 0 fully saturated rings. The molecule has 7 heteroatoms. The highest BCUT2D eigenvalue weighted by molar-refractivity contribution is 5.95. The summed E-state index contributed by atoms with van der Waals surface area (Å²) in [6, 6.07) is 8.19. The fourth-order valence-electron chi connectivity index (χ4n) is 1.62. The van der Waals surface area contributed by atoms with E-state index < -0.39 is 17.8 Å². The second-order valence-electron chi connectivity index (χ2n) is 4.14. The smallest absolute Gasteiger partial charge is 0.371 e. The Bertz CT molecular complexity index is 686. The highest BCUT2D eigenvalue weighted by Gasteiger charge is 2.11. The van der Waals surface area contributed by atoms with E-state index in [9.17, 15) is 14.4 Å². The molecule has 0 atom stereocenters. The number of carbonyl (C=O) groups excluding carboxylic acids is 1. The quantitative estimate of drug-likeness (QED) is 0.769. The monoisotopic (exact) mass is 289 g/mol. The SMILES string of the molecule is O=C(O)c1ccc(C(=O)NCc2ccc(C(=O)O)o2)cc1. The lowest BCUT2D eigenvalue weighted by molar-refractivity contribution is 0.0657. The van der Waals surface area contributed by atoms with Crippen LogP contribution in [0.1, 0.15) is 37.0 Å². The maximum absolute atomic E-state index is 11.8. The summed E-state index contributed by atoms with van der Waals surface area (Å²) in [4.78, 5) is 33.1. The number of benzene rings is 1. The van der Waals surface area contributed by atoms with E-state index in [-0.39, 0.29) is 17.9 Å². The maximum Gasteiger partial charge on any atom is 0.371 e. The molecule has 7 nitrogen and oxygen atoms in total. The van der Waals surface area contributed by atoms with Crippen LogP contribution < -0.4 is 5.32 Å². The fourth-order valence-corrected chi connectivity index (χ4v) is 1.62. The van der Waals surface area contributed by atoms with E-state index >= 15 is 0 Å². The van der Waals surface area contributed by atoms with E-state index in [1.807, 2.05) is 0 Å². The molecule has 0 saturated carbocycles. The summed E-state index contributed by atoms with van der Waals surface area (Å²) in [7, 11) is 0. The number of furan rings is 1. The molecular weight excluding hydrogens is 278 g/mol. The summed E-state index contributed by atoms with van der Waals surface area (Å²) in [5.74, 6) is -2.57. The van der Waals surface area contributed by atoms with Gasteiger partial charge in [0.05, 0.1) is 12.1 Å². The van der Waals surface area contributed by atoms with Crippen molar-refractivity contribution in [2.45, 2.75) is 6.54 Å². The molecular formula is C14H11NO6.